The summed E-state index contributed by atoms with van der Waals surface area (Å²) in [6.07, 6.45) is -3.46. The number of alkyl halides is 3. The average molecular weight is 462 g/mol. The predicted octanol–water partition coefficient (Wildman–Crippen LogP) is 4.21. The summed E-state index contributed by atoms with van der Waals surface area (Å²) in [5, 5.41) is 3.02. The highest BCUT2D eigenvalue weighted by Crippen LogP contribution is 2.33. The van der Waals surface area contributed by atoms with E-state index in [0.29, 0.717) is 50.6 Å². The number of hydrogen-bond acceptors (Lipinski definition) is 4. The minimum absolute atomic E-state index is 0.0842. The molecule has 1 N–H and O–H groups in total. The molecule has 0 aliphatic carbocycles. The number of carbonyl (C=O) groups is 2. The number of nitrogens with zero attached hydrogens (tertiary/aromatic N) is 1. The Bertz CT molecular complexity index is 1020. The van der Waals surface area contributed by atoms with Crippen LogP contribution in [-0.2, 0) is 11.0 Å². The minimum atomic E-state index is -4.44. The second-order valence-corrected chi connectivity index (χ2v) is 8.27. The van der Waals surface area contributed by atoms with Crippen LogP contribution in [0.2, 0.25) is 0 Å². The number of likely N-dealkylation sites (tertiary alicyclic amines) is 1. The summed E-state index contributed by atoms with van der Waals surface area (Å²) in [6, 6.07) is 9.57. The Labute approximate surface area is 189 Å². The van der Waals surface area contributed by atoms with E-state index in [-0.39, 0.29) is 29.3 Å². The smallest absolute Gasteiger partial charge is 0.416 e. The van der Waals surface area contributed by atoms with E-state index in [9.17, 15) is 22.8 Å². The highest BCUT2D eigenvalue weighted by Gasteiger charge is 2.32. The van der Waals surface area contributed by atoms with Crippen LogP contribution in [0.5, 0.6) is 11.5 Å². The third-order valence-corrected chi connectivity index (χ3v) is 6.04. The maximum absolute atomic E-state index is 12.8. The molecule has 1 unspecified atom stereocenters. The number of halogens is 3. The molecule has 2 aromatic rings. The Morgan fingerprint density at radius 2 is 1.64 bits per heavy atom. The van der Waals surface area contributed by atoms with Crippen molar-refractivity contribution in [2.24, 2.45) is 5.92 Å². The van der Waals surface area contributed by atoms with Crippen molar-refractivity contribution in [1.29, 1.82) is 0 Å². The van der Waals surface area contributed by atoms with E-state index in [1.807, 2.05) is 25.1 Å². The zero-order valence-corrected chi connectivity index (χ0v) is 18.2. The zero-order valence-electron chi connectivity index (χ0n) is 18.2. The molecule has 1 fully saturated rings. The molecule has 2 aliphatic heterocycles. The van der Waals surface area contributed by atoms with Gasteiger partial charge in [0.2, 0.25) is 5.91 Å². The molecule has 2 amide bonds. The van der Waals surface area contributed by atoms with Gasteiger partial charge in [-0.15, -0.1) is 0 Å². The third kappa shape index (κ3) is 5.23. The standard InChI is InChI=1S/C24H25F3N2O4/c1-15(18-4-7-20-21(14-18)33-13-12-32-20)28-22(30)16-8-10-29(11-9-16)23(31)17-2-5-19(6-3-17)24(25,26)27/h2-7,14-16H,8-13H2,1H3,(H,28,30). The summed E-state index contributed by atoms with van der Waals surface area (Å²) in [7, 11) is 0. The molecule has 0 aromatic heterocycles. The minimum Gasteiger partial charge on any atom is -0.486 e. The molecule has 176 valence electrons. The van der Waals surface area contributed by atoms with E-state index in [1.54, 1.807) is 4.90 Å². The second kappa shape index (κ2) is 9.33. The zero-order chi connectivity index (χ0) is 23.6. The first kappa shape index (κ1) is 22.9. The fourth-order valence-corrected chi connectivity index (χ4v) is 4.07. The normalized spacial score (nSPS) is 17.4. The number of amides is 2. The molecule has 33 heavy (non-hydrogen) atoms. The molecule has 0 bridgehead atoms. The van der Waals surface area contributed by atoms with Gasteiger partial charge >= 0.3 is 6.18 Å². The summed E-state index contributed by atoms with van der Waals surface area (Å²) in [6.45, 7) is 3.64. The van der Waals surface area contributed by atoms with Crippen LogP contribution in [0, 0.1) is 5.92 Å². The van der Waals surface area contributed by atoms with Crippen LogP contribution in [-0.4, -0.2) is 43.0 Å². The lowest BCUT2D eigenvalue weighted by molar-refractivity contribution is -0.137. The van der Waals surface area contributed by atoms with E-state index < -0.39 is 11.7 Å². The van der Waals surface area contributed by atoms with Gasteiger partial charge in [-0.2, -0.15) is 13.2 Å². The second-order valence-electron chi connectivity index (χ2n) is 8.27. The van der Waals surface area contributed by atoms with E-state index >= 15 is 0 Å². The molecule has 2 aliphatic rings. The maximum Gasteiger partial charge on any atom is 0.416 e. The van der Waals surface area contributed by atoms with Crippen LogP contribution >= 0.6 is 0 Å². The number of hydrogen-bond donors (Lipinski definition) is 1. The number of fused-ring (bicyclic) bond motifs is 1. The molecule has 4 rings (SSSR count). The van der Waals surface area contributed by atoms with Crippen LogP contribution in [0.1, 0.15) is 47.3 Å². The van der Waals surface area contributed by atoms with Crippen LogP contribution in [0.25, 0.3) is 0 Å². The average Bonchev–Trinajstić information content (AvgIpc) is 2.83. The molecular formula is C24H25F3N2O4. The van der Waals surface area contributed by atoms with Crippen LogP contribution in [0.15, 0.2) is 42.5 Å². The number of rotatable bonds is 4. The largest absolute Gasteiger partial charge is 0.486 e. The quantitative estimate of drug-likeness (QED) is 0.740. The lowest BCUT2D eigenvalue weighted by Crippen LogP contribution is -2.43. The number of ether oxygens (including phenoxy) is 2. The number of piperidine rings is 1. The predicted molar refractivity (Wildman–Crippen MR) is 114 cm³/mol. The van der Waals surface area contributed by atoms with Crippen LogP contribution in [0.3, 0.4) is 0 Å². The summed E-state index contributed by atoms with van der Waals surface area (Å²) in [5.41, 5.74) is 0.321. The molecule has 2 heterocycles. The van der Waals surface area contributed by atoms with Gasteiger partial charge in [-0.3, -0.25) is 9.59 Å². The van der Waals surface area contributed by atoms with Crippen LogP contribution < -0.4 is 14.8 Å². The van der Waals surface area contributed by atoms with Crippen molar-refractivity contribution < 1.29 is 32.2 Å². The van der Waals surface area contributed by atoms with Crippen molar-refractivity contribution in [3.63, 3.8) is 0 Å². The molecule has 0 spiro atoms. The molecule has 0 saturated carbocycles. The fraction of sp³-hybridized carbons (Fsp3) is 0.417. The van der Waals surface area contributed by atoms with Crippen molar-refractivity contribution in [2.75, 3.05) is 26.3 Å². The molecule has 1 atom stereocenters. The molecule has 9 heteroatoms. The number of nitrogens with one attached hydrogen (secondary N) is 1. The molecular weight excluding hydrogens is 437 g/mol. The first-order valence-corrected chi connectivity index (χ1v) is 10.9. The summed E-state index contributed by atoms with van der Waals surface area (Å²) >= 11 is 0. The van der Waals surface area contributed by atoms with Crippen molar-refractivity contribution in [2.45, 2.75) is 32.0 Å². The van der Waals surface area contributed by atoms with Crippen LogP contribution in [0.4, 0.5) is 13.2 Å². The SMILES string of the molecule is CC(NC(=O)C1CCN(C(=O)c2ccc(C(F)(F)F)cc2)CC1)c1ccc2c(c1)OCCO2. The first-order chi connectivity index (χ1) is 15.7. The van der Waals surface area contributed by atoms with Gasteiger partial charge in [0, 0.05) is 24.6 Å². The molecule has 6 nitrogen and oxygen atoms in total. The molecule has 1 saturated heterocycles. The van der Waals surface area contributed by atoms with E-state index in [2.05, 4.69) is 5.32 Å². The Balaban J connectivity index is 1.30. The topological polar surface area (TPSA) is 67.9 Å². The van der Waals surface area contributed by atoms with Crippen molar-refractivity contribution >= 4 is 11.8 Å². The van der Waals surface area contributed by atoms with Crippen molar-refractivity contribution in [3.8, 4) is 11.5 Å². The van der Waals surface area contributed by atoms with Gasteiger partial charge in [0.15, 0.2) is 11.5 Å². The summed E-state index contributed by atoms with van der Waals surface area (Å²) < 4.78 is 49.3. The van der Waals surface area contributed by atoms with E-state index in [4.69, 9.17) is 9.47 Å². The van der Waals surface area contributed by atoms with Gasteiger partial charge in [-0.05, 0) is 61.7 Å². The monoisotopic (exact) mass is 462 g/mol. The van der Waals surface area contributed by atoms with Gasteiger partial charge in [0.25, 0.3) is 5.91 Å². The van der Waals surface area contributed by atoms with Crippen molar-refractivity contribution in [3.05, 3.63) is 59.2 Å². The molecule has 0 radical (unpaired) electrons. The molecule has 2 aromatic carbocycles. The Kier molecular flexibility index (Phi) is 6.49. The first-order valence-electron chi connectivity index (χ1n) is 10.9. The third-order valence-electron chi connectivity index (χ3n) is 6.04. The maximum atomic E-state index is 12.8. The number of benzene rings is 2. The van der Waals surface area contributed by atoms with E-state index in [0.717, 1.165) is 17.7 Å². The van der Waals surface area contributed by atoms with E-state index in [1.165, 1.54) is 12.1 Å². The Morgan fingerprint density at radius 3 is 2.27 bits per heavy atom. The van der Waals surface area contributed by atoms with Gasteiger partial charge in [-0.25, -0.2) is 0 Å². The fourth-order valence-electron chi connectivity index (χ4n) is 4.07. The van der Waals surface area contributed by atoms with Gasteiger partial charge in [-0.1, -0.05) is 6.07 Å². The lowest BCUT2D eigenvalue weighted by atomic mass is 9.94. The highest BCUT2D eigenvalue weighted by atomic mass is 19.4. The number of carbonyl (C=O) groups excluding carboxylic acids is 2. The summed E-state index contributed by atoms with van der Waals surface area (Å²) in [4.78, 5) is 27.0. The van der Waals surface area contributed by atoms with Crippen molar-refractivity contribution in [1.82, 2.24) is 10.2 Å². The van der Waals surface area contributed by atoms with Gasteiger partial charge in [0.1, 0.15) is 13.2 Å². The van der Waals surface area contributed by atoms with Gasteiger partial charge in [0.05, 0.1) is 11.6 Å². The highest BCUT2D eigenvalue weighted by molar-refractivity contribution is 5.94. The lowest BCUT2D eigenvalue weighted by Gasteiger charge is -2.32. The Hall–Kier alpha value is -3.23. The summed E-state index contributed by atoms with van der Waals surface area (Å²) in [5.74, 6) is 0.705. The van der Waals surface area contributed by atoms with Gasteiger partial charge < -0.3 is 19.7 Å². The Morgan fingerprint density at radius 1 is 1.00 bits per heavy atom.